The van der Waals surface area contributed by atoms with Gasteiger partial charge in [-0.3, -0.25) is 14.7 Å². The first-order chi connectivity index (χ1) is 11.6. The number of carbonyl (C=O) groups is 1. The van der Waals surface area contributed by atoms with Crippen LogP contribution in [0.4, 0.5) is 0 Å². The lowest BCUT2D eigenvalue weighted by Gasteiger charge is -2.29. The van der Waals surface area contributed by atoms with Crippen LogP contribution >= 0.6 is 11.3 Å². The van der Waals surface area contributed by atoms with Crippen LogP contribution in [0.5, 0.6) is 0 Å². The Morgan fingerprint density at radius 1 is 1.38 bits per heavy atom. The van der Waals surface area contributed by atoms with Gasteiger partial charge in [-0.15, -0.1) is 0 Å². The standard InChI is InChI=1S/C18H23N3O2S/c1-13(11-21-6-8-23-9-7-21)19-18(22)16-3-4-17(20-14(16)2)15-5-10-24-12-15/h3-5,10,12-13H,6-9,11H2,1-2H3,(H,19,22)/t13-/m1/s1. The molecule has 1 aliphatic rings. The number of morpholine rings is 1. The van der Waals surface area contributed by atoms with E-state index in [1.54, 1.807) is 11.3 Å². The molecule has 6 heteroatoms. The molecule has 1 saturated heterocycles. The van der Waals surface area contributed by atoms with Crippen molar-refractivity contribution in [3.05, 3.63) is 40.2 Å². The summed E-state index contributed by atoms with van der Waals surface area (Å²) < 4.78 is 5.35. The molecule has 0 bridgehead atoms. The molecule has 0 aromatic carbocycles. The SMILES string of the molecule is Cc1nc(-c2ccsc2)ccc1C(=O)N[C@H](C)CN1CCOCC1. The Morgan fingerprint density at radius 3 is 2.83 bits per heavy atom. The van der Waals surface area contributed by atoms with Gasteiger partial charge in [-0.1, -0.05) is 0 Å². The second kappa shape index (κ2) is 7.88. The predicted octanol–water partition coefficient (Wildman–Crippen LogP) is 2.57. The quantitative estimate of drug-likeness (QED) is 0.905. The molecule has 0 unspecified atom stereocenters. The summed E-state index contributed by atoms with van der Waals surface area (Å²) in [6.45, 7) is 8.16. The van der Waals surface area contributed by atoms with E-state index in [0.717, 1.165) is 49.8 Å². The van der Waals surface area contributed by atoms with Crippen molar-refractivity contribution in [2.75, 3.05) is 32.8 Å². The molecule has 0 saturated carbocycles. The maximum Gasteiger partial charge on any atom is 0.253 e. The number of pyridine rings is 1. The molecule has 3 rings (SSSR count). The van der Waals surface area contributed by atoms with Crippen molar-refractivity contribution in [2.24, 2.45) is 0 Å². The van der Waals surface area contributed by atoms with Crippen LogP contribution in [0.15, 0.2) is 29.0 Å². The fourth-order valence-electron chi connectivity index (χ4n) is 2.89. The molecule has 0 radical (unpaired) electrons. The van der Waals surface area contributed by atoms with Crippen LogP contribution in [0.25, 0.3) is 11.3 Å². The zero-order chi connectivity index (χ0) is 16.9. The number of hydrogen-bond donors (Lipinski definition) is 1. The van der Waals surface area contributed by atoms with E-state index in [2.05, 4.69) is 20.6 Å². The van der Waals surface area contributed by atoms with Gasteiger partial charge in [0.1, 0.15) is 0 Å². The minimum Gasteiger partial charge on any atom is -0.379 e. The van der Waals surface area contributed by atoms with Gasteiger partial charge in [0.2, 0.25) is 0 Å². The van der Waals surface area contributed by atoms with Crippen molar-refractivity contribution >= 4 is 17.2 Å². The molecule has 1 N–H and O–H groups in total. The Balaban J connectivity index is 1.62. The minimum absolute atomic E-state index is 0.0578. The molecule has 0 spiro atoms. The molecule has 24 heavy (non-hydrogen) atoms. The predicted molar refractivity (Wildman–Crippen MR) is 96.5 cm³/mol. The summed E-state index contributed by atoms with van der Waals surface area (Å²) in [6.07, 6.45) is 0. The van der Waals surface area contributed by atoms with Gasteiger partial charge < -0.3 is 10.1 Å². The summed E-state index contributed by atoms with van der Waals surface area (Å²) in [7, 11) is 0. The molecule has 1 fully saturated rings. The highest BCUT2D eigenvalue weighted by atomic mass is 32.1. The summed E-state index contributed by atoms with van der Waals surface area (Å²) in [6, 6.07) is 5.91. The summed E-state index contributed by atoms with van der Waals surface area (Å²) in [4.78, 5) is 19.4. The number of thiophene rings is 1. The highest BCUT2D eigenvalue weighted by Crippen LogP contribution is 2.21. The number of amides is 1. The van der Waals surface area contributed by atoms with Crippen molar-refractivity contribution in [3.63, 3.8) is 0 Å². The third-order valence-corrected chi connectivity index (χ3v) is 4.84. The average Bonchev–Trinajstić information content (AvgIpc) is 3.10. The summed E-state index contributed by atoms with van der Waals surface area (Å²) in [5, 5.41) is 7.17. The molecule has 0 aliphatic carbocycles. The van der Waals surface area contributed by atoms with Gasteiger partial charge >= 0.3 is 0 Å². The molecule has 128 valence electrons. The third-order valence-electron chi connectivity index (χ3n) is 4.16. The Bertz CT molecular complexity index is 682. The Hall–Kier alpha value is -1.76. The van der Waals surface area contributed by atoms with Crippen LogP contribution in [0.3, 0.4) is 0 Å². The first-order valence-electron chi connectivity index (χ1n) is 8.24. The Kier molecular flexibility index (Phi) is 5.60. The molecule has 5 nitrogen and oxygen atoms in total. The van der Waals surface area contributed by atoms with Crippen LogP contribution in [0.2, 0.25) is 0 Å². The molecular weight excluding hydrogens is 322 g/mol. The van der Waals surface area contributed by atoms with E-state index < -0.39 is 0 Å². The lowest BCUT2D eigenvalue weighted by Crippen LogP contribution is -2.46. The van der Waals surface area contributed by atoms with Gasteiger partial charge in [-0.2, -0.15) is 11.3 Å². The number of nitrogens with zero attached hydrogens (tertiary/aromatic N) is 2. The maximum absolute atomic E-state index is 12.5. The van der Waals surface area contributed by atoms with Crippen molar-refractivity contribution in [1.82, 2.24) is 15.2 Å². The van der Waals surface area contributed by atoms with Crippen LogP contribution in [0, 0.1) is 6.92 Å². The largest absolute Gasteiger partial charge is 0.379 e. The van der Waals surface area contributed by atoms with Gasteiger partial charge in [-0.25, -0.2) is 0 Å². The van der Waals surface area contributed by atoms with Gasteiger partial charge in [0.05, 0.1) is 30.2 Å². The van der Waals surface area contributed by atoms with E-state index in [9.17, 15) is 4.79 Å². The van der Waals surface area contributed by atoms with Gasteiger partial charge in [-0.05, 0) is 37.4 Å². The number of nitrogens with one attached hydrogen (secondary N) is 1. The van der Waals surface area contributed by atoms with Crippen LogP contribution in [-0.4, -0.2) is 54.7 Å². The van der Waals surface area contributed by atoms with Crippen molar-refractivity contribution in [1.29, 1.82) is 0 Å². The van der Waals surface area contributed by atoms with Crippen molar-refractivity contribution < 1.29 is 9.53 Å². The Morgan fingerprint density at radius 2 is 2.17 bits per heavy atom. The van der Waals surface area contributed by atoms with Crippen molar-refractivity contribution in [2.45, 2.75) is 19.9 Å². The zero-order valence-corrected chi connectivity index (χ0v) is 14.9. The number of ether oxygens (including phenoxy) is 1. The van der Waals surface area contributed by atoms with Gasteiger partial charge in [0.15, 0.2) is 0 Å². The molecule has 1 aliphatic heterocycles. The van der Waals surface area contributed by atoms with Crippen LogP contribution in [0.1, 0.15) is 23.0 Å². The van der Waals surface area contributed by atoms with Crippen molar-refractivity contribution in [3.8, 4) is 11.3 Å². The third kappa shape index (κ3) is 4.20. The second-order valence-corrected chi connectivity index (χ2v) is 6.91. The first kappa shape index (κ1) is 17.1. The topological polar surface area (TPSA) is 54.5 Å². The number of aromatic nitrogens is 1. The first-order valence-corrected chi connectivity index (χ1v) is 9.19. The number of hydrogen-bond acceptors (Lipinski definition) is 5. The number of rotatable bonds is 5. The van der Waals surface area contributed by atoms with E-state index in [1.165, 1.54) is 0 Å². The second-order valence-electron chi connectivity index (χ2n) is 6.13. The zero-order valence-electron chi connectivity index (χ0n) is 14.1. The van der Waals surface area contributed by atoms with Gasteiger partial charge in [0, 0.05) is 36.6 Å². The maximum atomic E-state index is 12.5. The Labute approximate surface area is 146 Å². The highest BCUT2D eigenvalue weighted by molar-refractivity contribution is 7.08. The molecule has 2 aromatic rings. The molecular formula is C18H23N3O2S. The van der Waals surface area contributed by atoms with Gasteiger partial charge in [0.25, 0.3) is 5.91 Å². The van der Waals surface area contributed by atoms with E-state index in [0.29, 0.717) is 5.56 Å². The van der Waals surface area contributed by atoms with E-state index in [1.807, 2.05) is 37.4 Å². The molecule has 3 heterocycles. The molecule has 1 amide bonds. The highest BCUT2D eigenvalue weighted by Gasteiger charge is 2.17. The number of carbonyl (C=O) groups excluding carboxylic acids is 1. The minimum atomic E-state index is -0.0578. The molecule has 1 atom stereocenters. The van der Waals surface area contributed by atoms with Crippen LogP contribution in [-0.2, 0) is 4.74 Å². The lowest BCUT2D eigenvalue weighted by molar-refractivity contribution is 0.0342. The lowest BCUT2D eigenvalue weighted by atomic mass is 10.1. The summed E-state index contributed by atoms with van der Waals surface area (Å²) in [5.74, 6) is -0.0578. The normalized spacial score (nSPS) is 16.8. The average molecular weight is 345 g/mol. The fourth-order valence-corrected chi connectivity index (χ4v) is 3.54. The monoisotopic (exact) mass is 345 g/mol. The number of aryl methyl sites for hydroxylation is 1. The van der Waals surface area contributed by atoms with E-state index in [-0.39, 0.29) is 11.9 Å². The summed E-state index contributed by atoms with van der Waals surface area (Å²) >= 11 is 1.64. The summed E-state index contributed by atoms with van der Waals surface area (Å²) in [5.41, 5.74) is 3.40. The molecule has 2 aromatic heterocycles. The van der Waals surface area contributed by atoms with E-state index >= 15 is 0 Å². The smallest absolute Gasteiger partial charge is 0.253 e. The fraction of sp³-hybridized carbons (Fsp3) is 0.444. The van der Waals surface area contributed by atoms with Crippen LogP contribution < -0.4 is 5.32 Å². The van der Waals surface area contributed by atoms with E-state index in [4.69, 9.17) is 4.74 Å².